The lowest BCUT2D eigenvalue weighted by atomic mass is 9.12. The molecule has 0 saturated carbocycles. The molecular formula is C49H20BF22P. The summed E-state index contributed by atoms with van der Waals surface area (Å²) in [5.74, 6) is -72.4. The Labute approximate surface area is 396 Å². The third-order valence-electron chi connectivity index (χ3n) is 11.7. The average molecular weight is 1070 g/mol. The maximum atomic E-state index is 15.4. The van der Waals surface area contributed by atoms with Gasteiger partial charge in [0.05, 0.1) is 0 Å². The summed E-state index contributed by atoms with van der Waals surface area (Å²) in [7, 11) is -2.18. The molecule has 0 fully saturated rings. The smallest absolute Gasteiger partial charge is 0.200 e. The Morgan fingerprint density at radius 2 is 0.479 bits per heavy atom. The number of halogens is 22. The lowest BCUT2D eigenvalue weighted by Crippen LogP contribution is -2.81. The van der Waals surface area contributed by atoms with Crippen molar-refractivity contribution >= 4 is 51.2 Å². The van der Waals surface area contributed by atoms with Crippen LogP contribution in [0.1, 0.15) is 5.56 Å². The predicted octanol–water partition coefficient (Wildman–Crippen LogP) is 11.3. The molecule has 0 radical (unpaired) electrons. The second-order valence-electron chi connectivity index (χ2n) is 15.5. The van der Waals surface area contributed by atoms with Gasteiger partial charge in [-0.05, 0) is 48.5 Å². The van der Waals surface area contributed by atoms with Crippen molar-refractivity contribution in [1.82, 2.24) is 0 Å². The zero-order chi connectivity index (χ0) is 53.8. The molecule has 0 saturated heterocycles. The van der Waals surface area contributed by atoms with Gasteiger partial charge in [0.15, 0.2) is 69.8 Å². The van der Waals surface area contributed by atoms with E-state index in [1.807, 2.05) is 54.6 Å². The van der Waals surface area contributed by atoms with E-state index in [1.54, 1.807) is 6.07 Å². The molecule has 0 N–H and O–H groups in total. The summed E-state index contributed by atoms with van der Waals surface area (Å²) >= 11 is 0. The summed E-state index contributed by atoms with van der Waals surface area (Å²) in [5, 5.41) is 3.53. The van der Waals surface area contributed by atoms with Crippen LogP contribution >= 0.6 is 7.26 Å². The van der Waals surface area contributed by atoms with Crippen molar-refractivity contribution in [2.75, 3.05) is 0 Å². The third kappa shape index (κ3) is 8.53. The van der Waals surface area contributed by atoms with Gasteiger partial charge < -0.3 is 0 Å². The van der Waals surface area contributed by atoms with E-state index in [0.717, 1.165) is 6.07 Å². The lowest BCUT2D eigenvalue weighted by Gasteiger charge is -2.44. The zero-order valence-electron chi connectivity index (χ0n) is 35.4. The van der Waals surface area contributed by atoms with Crippen molar-refractivity contribution < 1.29 is 96.6 Å². The summed E-state index contributed by atoms with van der Waals surface area (Å²) in [6.45, 7) is 0. The molecule has 378 valence electrons. The molecule has 0 bridgehead atoms. The van der Waals surface area contributed by atoms with Crippen LogP contribution in [0.2, 0.25) is 0 Å². The highest BCUT2D eigenvalue weighted by Gasteiger charge is 2.53. The first kappa shape index (κ1) is 53.5. The van der Waals surface area contributed by atoms with Gasteiger partial charge in [-0.15, -0.1) is 21.9 Å². The number of hydrogen-bond donors (Lipinski definition) is 0. The van der Waals surface area contributed by atoms with Crippen molar-refractivity contribution in [3.63, 3.8) is 0 Å². The average Bonchev–Trinajstić information content (AvgIpc) is 3.39. The Morgan fingerprint density at radius 1 is 0.260 bits per heavy atom. The first-order chi connectivity index (χ1) is 34.4. The van der Waals surface area contributed by atoms with Crippen LogP contribution in [0.25, 0.3) is 0 Å². The van der Waals surface area contributed by atoms with Gasteiger partial charge in [0, 0.05) is 11.6 Å². The van der Waals surface area contributed by atoms with Crippen molar-refractivity contribution in [2.45, 2.75) is 6.16 Å². The molecule has 0 heterocycles. The third-order valence-corrected chi connectivity index (χ3v) is 16.1. The highest BCUT2D eigenvalue weighted by molar-refractivity contribution is 7.95. The first-order valence-electron chi connectivity index (χ1n) is 20.1. The minimum absolute atomic E-state index is 0.493. The van der Waals surface area contributed by atoms with Crippen LogP contribution in [-0.2, 0) is 6.16 Å². The predicted molar refractivity (Wildman–Crippen MR) is 224 cm³/mol. The van der Waals surface area contributed by atoms with E-state index < -0.39 is 163 Å². The lowest BCUT2D eigenvalue weighted by molar-refractivity contribution is 0.378. The van der Waals surface area contributed by atoms with Crippen molar-refractivity contribution in [1.29, 1.82) is 0 Å². The number of rotatable bonds is 9. The molecule has 0 aromatic heterocycles. The van der Waals surface area contributed by atoms with Crippen LogP contribution in [0.5, 0.6) is 0 Å². The minimum Gasteiger partial charge on any atom is -0.207 e. The van der Waals surface area contributed by atoms with Crippen LogP contribution in [0.3, 0.4) is 0 Å². The Kier molecular flexibility index (Phi) is 14.9. The summed E-state index contributed by atoms with van der Waals surface area (Å²) in [6, 6.07) is 34.7. The quantitative estimate of drug-likeness (QED) is 0.0444. The second kappa shape index (κ2) is 20.3. The van der Waals surface area contributed by atoms with E-state index in [1.165, 1.54) is 22.0 Å². The fourth-order valence-electron chi connectivity index (χ4n) is 8.55. The Hall–Kier alpha value is -7.29. The topological polar surface area (TPSA) is 0 Å². The Morgan fingerprint density at radius 3 is 0.699 bits per heavy atom. The normalized spacial score (nSPS) is 11.8. The minimum atomic E-state index is -7.22. The van der Waals surface area contributed by atoms with Crippen molar-refractivity contribution in [2.24, 2.45) is 0 Å². The molecule has 0 atom stereocenters. The molecule has 8 aromatic rings. The number of benzene rings is 8. The largest absolute Gasteiger partial charge is 0.207 e. The zero-order valence-corrected chi connectivity index (χ0v) is 36.3. The maximum absolute atomic E-state index is 15.4. The van der Waals surface area contributed by atoms with Gasteiger partial charge in [0.25, 0.3) is 0 Å². The molecule has 0 unspecified atom stereocenters. The summed E-state index contributed by atoms with van der Waals surface area (Å²) in [4.78, 5) is 0. The van der Waals surface area contributed by atoms with E-state index in [2.05, 4.69) is 36.4 Å². The fourth-order valence-corrected chi connectivity index (χ4v) is 12.8. The highest BCUT2D eigenvalue weighted by atomic mass is 31.2. The van der Waals surface area contributed by atoms with E-state index in [4.69, 9.17) is 0 Å². The fraction of sp³-hybridized carbons (Fsp3) is 0.0204. The standard InChI is InChI=1S/C25H20F2P.C24BF20/c26-21-17-16-20(25(27)18-21)19-28(22-10-4-1-5-11-22,23-12-6-2-7-13-23)24-14-8-3-9-15-24;26-5-1(6(27)14(35)21(42)13(5)34)25(2-7(28)15(36)22(43)16(37)8(2)29,3-9(30)17(38)23(44)18(39)10(3)31)4-11(32)19(40)24(45)20(41)12(4)33/h1-18H,19H2;/q+1;-1. The highest BCUT2D eigenvalue weighted by Crippen LogP contribution is 2.58. The van der Waals surface area contributed by atoms with Gasteiger partial charge in [-0.3, -0.25) is 0 Å². The van der Waals surface area contributed by atoms with Crippen molar-refractivity contribution in [3.8, 4) is 0 Å². The Bertz CT molecular complexity index is 2970. The van der Waals surface area contributed by atoms with Gasteiger partial charge in [-0.2, -0.15) is 0 Å². The van der Waals surface area contributed by atoms with Crippen LogP contribution in [-0.4, -0.2) is 6.15 Å². The molecule has 0 aliphatic rings. The molecule has 0 amide bonds. The molecule has 0 aliphatic heterocycles. The molecular weight excluding hydrogens is 1050 g/mol. The van der Waals surface area contributed by atoms with Crippen LogP contribution in [0.15, 0.2) is 109 Å². The molecule has 0 nitrogen and oxygen atoms in total. The van der Waals surface area contributed by atoms with Crippen LogP contribution in [0.4, 0.5) is 96.6 Å². The van der Waals surface area contributed by atoms with E-state index >= 15 is 35.1 Å². The Balaban J connectivity index is 0.000000237. The van der Waals surface area contributed by atoms with Crippen LogP contribution in [0, 0.1) is 128 Å². The molecule has 8 rings (SSSR count). The SMILES string of the molecule is Fc1c(F)c(F)c([B-](c2c(F)c(F)c(F)c(F)c2F)(c2c(F)c(F)c(F)c(F)c2F)c2c(F)c(F)c(F)c(F)c2F)c(F)c1F.Fc1ccc(C[P+](c2ccccc2)(c2ccccc2)c2ccccc2)c(F)c1. The monoisotopic (exact) mass is 1070 g/mol. The molecule has 73 heavy (non-hydrogen) atoms. The summed E-state index contributed by atoms with van der Waals surface area (Å²) < 4.78 is 322. The maximum Gasteiger partial charge on any atom is 0.200 e. The van der Waals surface area contributed by atoms with E-state index in [0.29, 0.717) is 11.7 Å². The van der Waals surface area contributed by atoms with Gasteiger partial charge in [0.2, 0.25) is 0 Å². The van der Waals surface area contributed by atoms with Gasteiger partial charge in [-0.1, -0.05) is 54.6 Å². The van der Waals surface area contributed by atoms with E-state index in [-0.39, 0.29) is 0 Å². The molecule has 0 aliphatic carbocycles. The van der Waals surface area contributed by atoms with Crippen molar-refractivity contribution in [3.05, 3.63) is 243 Å². The summed E-state index contributed by atoms with van der Waals surface area (Å²) in [5.41, 5.74) is -13.8. The molecule has 8 aromatic carbocycles. The van der Waals surface area contributed by atoms with Gasteiger partial charge in [-0.25, -0.2) is 96.6 Å². The first-order valence-corrected chi connectivity index (χ1v) is 22.1. The van der Waals surface area contributed by atoms with Gasteiger partial charge in [0.1, 0.15) is 93.7 Å². The second-order valence-corrected chi connectivity index (χ2v) is 19.0. The molecule has 0 spiro atoms. The molecule has 24 heteroatoms. The van der Waals surface area contributed by atoms with Gasteiger partial charge >= 0.3 is 0 Å². The van der Waals surface area contributed by atoms with Crippen LogP contribution < -0.4 is 37.8 Å². The van der Waals surface area contributed by atoms with E-state index in [9.17, 15) is 61.5 Å². The number of hydrogen-bond acceptors (Lipinski definition) is 0. The summed E-state index contributed by atoms with van der Waals surface area (Å²) in [6.07, 6.45) is -6.72.